The summed E-state index contributed by atoms with van der Waals surface area (Å²) in [5, 5.41) is 6.61. The van der Waals surface area contributed by atoms with E-state index < -0.39 is 5.91 Å². The van der Waals surface area contributed by atoms with Crippen LogP contribution in [-0.2, 0) is 19.6 Å². The van der Waals surface area contributed by atoms with Gasteiger partial charge in [0.15, 0.2) is 5.96 Å². The van der Waals surface area contributed by atoms with Crippen LogP contribution in [0.2, 0.25) is 0 Å². The number of amides is 1. The van der Waals surface area contributed by atoms with Crippen molar-refractivity contribution in [1.29, 1.82) is 0 Å². The Morgan fingerprint density at radius 1 is 0.931 bits per heavy atom. The third kappa shape index (κ3) is 7.32. The van der Waals surface area contributed by atoms with Crippen molar-refractivity contribution in [2.45, 2.75) is 32.5 Å². The first-order valence-electron chi connectivity index (χ1n) is 9.77. The second-order valence-electron chi connectivity index (χ2n) is 7.14. The number of carbonyl (C=O) groups is 1. The number of benzene rings is 2. The summed E-state index contributed by atoms with van der Waals surface area (Å²) in [7, 11) is 1.75. The molecule has 0 radical (unpaired) electrons. The first kappa shape index (κ1) is 23.2. The Morgan fingerprint density at radius 2 is 1.41 bits per heavy atom. The zero-order valence-corrected chi connectivity index (χ0v) is 19.2. The van der Waals surface area contributed by atoms with Crippen LogP contribution in [0.3, 0.4) is 0 Å². The maximum atomic E-state index is 11.1. The summed E-state index contributed by atoms with van der Waals surface area (Å²) in [4.78, 5) is 17.9. The van der Waals surface area contributed by atoms with Crippen LogP contribution in [-0.4, -0.2) is 36.9 Å². The fourth-order valence-electron chi connectivity index (χ4n) is 3.34. The van der Waals surface area contributed by atoms with Crippen molar-refractivity contribution in [3.8, 4) is 0 Å². The average molecular weight is 507 g/mol. The molecule has 1 aliphatic rings. The number of nitrogens with two attached hydrogens (primary N) is 1. The van der Waals surface area contributed by atoms with Gasteiger partial charge in [-0.15, -0.1) is 24.0 Å². The second kappa shape index (κ2) is 11.8. The molecule has 29 heavy (non-hydrogen) atoms. The molecule has 3 rings (SSSR count). The van der Waals surface area contributed by atoms with E-state index in [2.05, 4.69) is 44.8 Å². The molecule has 0 saturated carbocycles. The van der Waals surface area contributed by atoms with Gasteiger partial charge in [-0.25, -0.2) is 0 Å². The molecular formula is C22H30IN5O. The summed E-state index contributed by atoms with van der Waals surface area (Å²) in [5.41, 5.74) is 9.42. The molecule has 4 N–H and O–H groups in total. The van der Waals surface area contributed by atoms with Gasteiger partial charge in [0, 0.05) is 32.2 Å². The fourth-order valence-corrected chi connectivity index (χ4v) is 3.34. The van der Waals surface area contributed by atoms with E-state index in [0.717, 1.165) is 18.1 Å². The maximum Gasteiger partial charge on any atom is 0.248 e. The van der Waals surface area contributed by atoms with Crippen LogP contribution in [0.4, 0.5) is 0 Å². The number of guanidine groups is 1. The predicted molar refractivity (Wildman–Crippen MR) is 128 cm³/mol. The van der Waals surface area contributed by atoms with Crippen molar-refractivity contribution in [3.63, 3.8) is 0 Å². The van der Waals surface area contributed by atoms with Gasteiger partial charge in [0.25, 0.3) is 0 Å². The molecule has 0 atom stereocenters. The van der Waals surface area contributed by atoms with E-state index in [1.165, 1.54) is 37.1 Å². The monoisotopic (exact) mass is 507 g/mol. The smallest absolute Gasteiger partial charge is 0.248 e. The van der Waals surface area contributed by atoms with Gasteiger partial charge in [0.05, 0.1) is 0 Å². The van der Waals surface area contributed by atoms with Gasteiger partial charge >= 0.3 is 0 Å². The van der Waals surface area contributed by atoms with Crippen molar-refractivity contribution in [2.24, 2.45) is 10.7 Å². The summed E-state index contributed by atoms with van der Waals surface area (Å²) in [6.07, 6.45) is 2.65. The van der Waals surface area contributed by atoms with E-state index in [-0.39, 0.29) is 24.0 Å². The molecule has 2 aromatic carbocycles. The van der Waals surface area contributed by atoms with Crippen molar-refractivity contribution in [1.82, 2.24) is 15.5 Å². The van der Waals surface area contributed by atoms with Crippen molar-refractivity contribution in [3.05, 3.63) is 70.8 Å². The number of likely N-dealkylation sites (tertiary alicyclic amines) is 1. The Labute approximate surface area is 190 Å². The Bertz CT molecular complexity index is 799. The van der Waals surface area contributed by atoms with Crippen molar-refractivity contribution >= 4 is 35.8 Å². The number of nitrogens with zero attached hydrogens (tertiary/aromatic N) is 2. The average Bonchev–Trinajstić information content (AvgIpc) is 3.22. The molecule has 1 fully saturated rings. The van der Waals surface area contributed by atoms with Crippen LogP contribution >= 0.6 is 24.0 Å². The lowest BCUT2D eigenvalue weighted by molar-refractivity contribution is 0.100. The number of rotatable bonds is 7. The first-order chi connectivity index (χ1) is 13.6. The zero-order chi connectivity index (χ0) is 19.8. The molecule has 0 aliphatic carbocycles. The number of aliphatic imine (C=N–C) groups is 1. The molecule has 1 amide bonds. The Hall–Kier alpha value is -2.13. The normalized spacial score (nSPS) is 14.3. The number of carbonyl (C=O) groups excluding carboxylic acids is 1. The van der Waals surface area contributed by atoms with Gasteiger partial charge in [0.2, 0.25) is 5.91 Å². The Kier molecular flexibility index (Phi) is 9.40. The summed E-state index contributed by atoms with van der Waals surface area (Å²) >= 11 is 0. The summed E-state index contributed by atoms with van der Waals surface area (Å²) in [6.45, 7) is 4.82. The summed E-state index contributed by atoms with van der Waals surface area (Å²) in [6, 6.07) is 16.0. The number of hydrogen-bond acceptors (Lipinski definition) is 3. The quantitative estimate of drug-likeness (QED) is 0.306. The molecule has 0 unspecified atom stereocenters. The van der Waals surface area contributed by atoms with Gasteiger partial charge in [0.1, 0.15) is 0 Å². The Balaban J connectivity index is 0.00000300. The van der Waals surface area contributed by atoms with Crippen molar-refractivity contribution < 1.29 is 4.79 Å². The van der Waals surface area contributed by atoms with Gasteiger partial charge < -0.3 is 16.4 Å². The number of halogens is 1. The van der Waals surface area contributed by atoms with Gasteiger partial charge in [-0.2, -0.15) is 0 Å². The SMILES string of the molecule is CN=C(NCc1ccc(CN2CCCC2)cc1)NCc1ccc(C(N)=O)cc1.I. The lowest BCUT2D eigenvalue weighted by Crippen LogP contribution is -2.36. The minimum Gasteiger partial charge on any atom is -0.366 e. The minimum absolute atomic E-state index is 0. The van der Waals surface area contributed by atoms with Crippen molar-refractivity contribution in [2.75, 3.05) is 20.1 Å². The molecule has 0 bridgehead atoms. The fraction of sp³-hybridized carbons (Fsp3) is 0.364. The van der Waals surface area contributed by atoms with Crippen LogP contribution in [0.15, 0.2) is 53.5 Å². The second-order valence-corrected chi connectivity index (χ2v) is 7.14. The van der Waals surface area contributed by atoms with Crippen LogP contribution < -0.4 is 16.4 Å². The largest absolute Gasteiger partial charge is 0.366 e. The molecule has 1 saturated heterocycles. The number of hydrogen-bond donors (Lipinski definition) is 3. The molecule has 0 spiro atoms. The van der Waals surface area contributed by atoms with E-state index in [1.54, 1.807) is 19.2 Å². The van der Waals surface area contributed by atoms with E-state index in [0.29, 0.717) is 18.7 Å². The third-order valence-electron chi connectivity index (χ3n) is 5.01. The molecule has 2 aromatic rings. The highest BCUT2D eigenvalue weighted by molar-refractivity contribution is 14.0. The molecule has 7 heteroatoms. The van der Waals surface area contributed by atoms with E-state index in [4.69, 9.17) is 5.73 Å². The maximum absolute atomic E-state index is 11.1. The molecule has 156 valence electrons. The van der Waals surface area contributed by atoms with Crippen LogP contribution in [0.5, 0.6) is 0 Å². The number of primary amides is 1. The van der Waals surface area contributed by atoms with Crippen LogP contribution in [0.1, 0.15) is 39.9 Å². The molecular weight excluding hydrogens is 477 g/mol. The van der Waals surface area contributed by atoms with Gasteiger partial charge in [-0.3, -0.25) is 14.7 Å². The topological polar surface area (TPSA) is 82.8 Å². The molecule has 1 aliphatic heterocycles. The molecule has 0 aromatic heterocycles. The zero-order valence-electron chi connectivity index (χ0n) is 16.9. The minimum atomic E-state index is -0.413. The highest BCUT2D eigenvalue weighted by Gasteiger charge is 2.11. The lowest BCUT2D eigenvalue weighted by Gasteiger charge is -2.15. The lowest BCUT2D eigenvalue weighted by atomic mass is 10.1. The Morgan fingerprint density at radius 3 is 1.90 bits per heavy atom. The van der Waals surface area contributed by atoms with E-state index in [9.17, 15) is 4.79 Å². The summed E-state index contributed by atoms with van der Waals surface area (Å²) in [5.74, 6) is 0.323. The molecule has 1 heterocycles. The van der Waals surface area contributed by atoms with E-state index >= 15 is 0 Å². The molecule has 6 nitrogen and oxygen atoms in total. The summed E-state index contributed by atoms with van der Waals surface area (Å²) < 4.78 is 0. The third-order valence-corrected chi connectivity index (χ3v) is 5.01. The van der Waals surface area contributed by atoms with Gasteiger partial charge in [-0.05, 0) is 54.8 Å². The van der Waals surface area contributed by atoms with Gasteiger partial charge in [-0.1, -0.05) is 36.4 Å². The van der Waals surface area contributed by atoms with E-state index in [1.807, 2.05) is 12.1 Å². The first-order valence-corrected chi connectivity index (χ1v) is 9.77. The predicted octanol–water partition coefficient (Wildman–Crippen LogP) is 2.86. The number of nitrogens with one attached hydrogen (secondary N) is 2. The standard InChI is InChI=1S/C22H29N5O.HI/c1-24-22(26-15-18-8-10-20(11-9-18)21(23)28)25-14-17-4-6-19(7-5-17)16-27-12-2-3-13-27;/h4-11H,2-3,12-16H2,1H3,(H2,23,28)(H2,24,25,26);1H. The van der Waals surface area contributed by atoms with Crippen LogP contribution in [0, 0.1) is 0 Å². The highest BCUT2D eigenvalue weighted by Crippen LogP contribution is 2.13. The highest BCUT2D eigenvalue weighted by atomic mass is 127. The van der Waals surface area contributed by atoms with Crippen LogP contribution in [0.25, 0.3) is 0 Å².